The first-order valence-electron chi connectivity index (χ1n) is 5.38. The van der Waals surface area contributed by atoms with E-state index in [0.717, 1.165) is 0 Å². The van der Waals surface area contributed by atoms with Gasteiger partial charge in [-0.05, 0) is 24.6 Å². The highest BCUT2D eigenvalue weighted by Gasteiger charge is 2.29. The van der Waals surface area contributed by atoms with Gasteiger partial charge in [0, 0.05) is 5.56 Å². The van der Waals surface area contributed by atoms with Crippen molar-refractivity contribution in [3.05, 3.63) is 28.8 Å². The highest BCUT2D eigenvalue weighted by molar-refractivity contribution is 7.91. The van der Waals surface area contributed by atoms with Crippen LogP contribution in [0.3, 0.4) is 0 Å². The minimum absolute atomic E-state index is 0.0256. The number of hydrogen-bond acceptors (Lipinski definition) is 4. The van der Waals surface area contributed by atoms with E-state index >= 15 is 0 Å². The number of nitrogens with two attached hydrogens (primary N) is 1. The lowest BCUT2D eigenvalue weighted by molar-refractivity contribution is 0.229. The lowest BCUT2D eigenvalue weighted by atomic mass is 10.2. The number of sulfone groups is 1. The van der Waals surface area contributed by atoms with Gasteiger partial charge in [0.2, 0.25) is 0 Å². The fraction of sp³-hybridized carbons (Fsp3) is 0.364. The van der Waals surface area contributed by atoms with Gasteiger partial charge in [-0.15, -0.1) is 0 Å². The molecule has 1 aliphatic rings. The molecule has 0 radical (unpaired) electrons. The van der Waals surface area contributed by atoms with Gasteiger partial charge in [-0.2, -0.15) is 0 Å². The summed E-state index contributed by atoms with van der Waals surface area (Å²) < 4.78 is 28.2. The number of hydrogen-bond donors (Lipinski definition) is 2. The second-order valence-corrected chi connectivity index (χ2v) is 6.84. The molecule has 1 unspecified atom stereocenters. The van der Waals surface area contributed by atoms with Crippen molar-refractivity contribution in [2.45, 2.75) is 12.5 Å². The highest BCUT2D eigenvalue weighted by Crippen LogP contribution is 2.28. The van der Waals surface area contributed by atoms with Crippen molar-refractivity contribution in [1.82, 2.24) is 0 Å². The minimum Gasteiger partial charge on any atom is -0.488 e. The fourth-order valence-corrected chi connectivity index (χ4v) is 3.61. The molecule has 1 atom stereocenters. The molecule has 0 aromatic heterocycles. The molecule has 0 aliphatic carbocycles. The molecule has 0 amide bonds. The summed E-state index contributed by atoms with van der Waals surface area (Å²) in [4.78, 5) is 0. The second-order valence-electron chi connectivity index (χ2n) is 4.20. The van der Waals surface area contributed by atoms with Crippen molar-refractivity contribution in [3.8, 4) is 5.75 Å². The van der Waals surface area contributed by atoms with Crippen molar-refractivity contribution in [2.75, 3.05) is 11.5 Å². The van der Waals surface area contributed by atoms with Crippen LogP contribution in [-0.4, -0.2) is 31.9 Å². The molecule has 1 aromatic rings. The van der Waals surface area contributed by atoms with Crippen molar-refractivity contribution >= 4 is 27.3 Å². The van der Waals surface area contributed by atoms with Gasteiger partial charge in [0.1, 0.15) is 17.7 Å². The number of ether oxygens (including phenoxy) is 1. The second kappa shape index (κ2) is 4.78. The van der Waals surface area contributed by atoms with E-state index in [4.69, 9.17) is 27.5 Å². The van der Waals surface area contributed by atoms with Crippen LogP contribution in [0, 0.1) is 5.41 Å². The van der Waals surface area contributed by atoms with Gasteiger partial charge in [0.05, 0.1) is 16.5 Å². The third-order valence-electron chi connectivity index (χ3n) is 2.73. The molecule has 3 N–H and O–H groups in total. The minimum atomic E-state index is -2.97. The Morgan fingerprint density at radius 2 is 2.22 bits per heavy atom. The van der Waals surface area contributed by atoms with Gasteiger partial charge in [0.15, 0.2) is 9.84 Å². The topological polar surface area (TPSA) is 93.2 Å². The van der Waals surface area contributed by atoms with Crippen LogP contribution in [0.1, 0.15) is 12.0 Å². The number of nitrogens with one attached hydrogen (secondary N) is 1. The quantitative estimate of drug-likeness (QED) is 0.645. The molecule has 5 nitrogen and oxygen atoms in total. The molecule has 98 valence electrons. The molecule has 0 saturated carbocycles. The van der Waals surface area contributed by atoms with E-state index in [2.05, 4.69) is 0 Å². The maximum Gasteiger partial charge on any atom is 0.154 e. The first-order valence-corrected chi connectivity index (χ1v) is 7.58. The third kappa shape index (κ3) is 2.94. The van der Waals surface area contributed by atoms with Gasteiger partial charge in [-0.3, -0.25) is 5.41 Å². The predicted octanol–water partition coefficient (Wildman–Crippen LogP) is 1.19. The zero-order valence-corrected chi connectivity index (χ0v) is 11.1. The van der Waals surface area contributed by atoms with E-state index < -0.39 is 9.84 Å². The van der Waals surface area contributed by atoms with Crippen LogP contribution in [0.25, 0.3) is 0 Å². The Balaban J connectivity index is 2.13. The largest absolute Gasteiger partial charge is 0.488 e. The van der Waals surface area contributed by atoms with E-state index in [-0.39, 0.29) is 23.4 Å². The van der Waals surface area contributed by atoms with Crippen molar-refractivity contribution < 1.29 is 13.2 Å². The molecule has 2 rings (SSSR count). The average Bonchev–Trinajstić information content (AvgIpc) is 2.61. The molecule has 1 aromatic carbocycles. The molecule has 1 heterocycles. The zero-order chi connectivity index (χ0) is 13.3. The summed E-state index contributed by atoms with van der Waals surface area (Å²) in [5.41, 5.74) is 5.84. The Kier molecular flexibility index (Phi) is 3.49. The van der Waals surface area contributed by atoms with Crippen molar-refractivity contribution in [3.63, 3.8) is 0 Å². The lowest BCUT2D eigenvalue weighted by Crippen LogP contribution is -2.18. The average molecular weight is 289 g/mol. The summed E-state index contributed by atoms with van der Waals surface area (Å²) in [6.45, 7) is 0. The van der Waals surface area contributed by atoms with E-state index in [9.17, 15) is 8.42 Å². The number of amidine groups is 1. The number of halogens is 1. The van der Waals surface area contributed by atoms with E-state index in [0.29, 0.717) is 22.8 Å². The summed E-state index contributed by atoms with van der Waals surface area (Å²) in [6, 6.07) is 4.75. The molecular weight excluding hydrogens is 276 g/mol. The Hall–Kier alpha value is -1.27. The normalized spacial score (nSPS) is 21.7. The van der Waals surface area contributed by atoms with Crippen LogP contribution in [0.15, 0.2) is 18.2 Å². The Bertz CT molecular complexity index is 586. The monoisotopic (exact) mass is 288 g/mol. The van der Waals surface area contributed by atoms with Gasteiger partial charge in [-0.25, -0.2) is 8.42 Å². The summed E-state index contributed by atoms with van der Waals surface area (Å²) in [6.07, 6.45) is 0.128. The Morgan fingerprint density at radius 3 is 2.72 bits per heavy atom. The van der Waals surface area contributed by atoms with Crippen LogP contribution >= 0.6 is 11.6 Å². The van der Waals surface area contributed by atoms with E-state index in [1.165, 1.54) is 6.07 Å². The molecule has 0 spiro atoms. The summed E-state index contributed by atoms with van der Waals surface area (Å²) in [7, 11) is -2.97. The number of benzene rings is 1. The molecule has 1 aliphatic heterocycles. The van der Waals surface area contributed by atoms with Gasteiger partial charge >= 0.3 is 0 Å². The van der Waals surface area contributed by atoms with Crippen LogP contribution in [0.2, 0.25) is 5.02 Å². The van der Waals surface area contributed by atoms with Crippen molar-refractivity contribution in [1.29, 1.82) is 5.41 Å². The Morgan fingerprint density at radius 1 is 1.50 bits per heavy atom. The van der Waals surface area contributed by atoms with Crippen LogP contribution < -0.4 is 10.5 Å². The molecule has 7 heteroatoms. The van der Waals surface area contributed by atoms with Crippen LogP contribution in [-0.2, 0) is 9.84 Å². The van der Waals surface area contributed by atoms with Crippen LogP contribution in [0.4, 0.5) is 0 Å². The van der Waals surface area contributed by atoms with Gasteiger partial charge in [-0.1, -0.05) is 11.6 Å². The summed E-state index contributed by atoms with van der Waals surface area (Å²) in [5.74, 6) is 0.522. The summed E-state index contributed by atoms with van der Waals surface area (Å²) in [5, 5.41) is 7.60. The molecule has 1 saturated heterocycles. The first kappa shape index (κ1) is 13.2. The highest BCUT2D eigenvalue weighted by atomic mass is 35.5. The summed E-state index contributed by atoms with van der Waals surface area (Å²) >= 11 is 6.00. The van der Waals surface area contributed by atoms with Gasteiger partial charge < -0.3 is 10.5 Å². The number of rotatable bonds is 3. The molecule has 0 bridgehead atoms. The maximum absolute atomic E-state index is 11.3. The smallest absolute Gasteiger partial charge is 0.154 e. The van der Waals surface area contributed by atoms with E-state index in [1.54, 1.807) is 12.1 Å². The maximum atomic E-state index is 11.3. The third-order valence-corrected chi connectivity index (χ3v) is 4.76. The lowest BCUT2D eigenvalue weighted by Gasteiger charge is -2.13. The molecule has 1 fully saturated rings. The molecule has 18 heavy (non-hydrogen) atoms. The predicted molar refractivity (Wildman–Crippen MR) is 70.2 cm³/mol. The van der Waals surface area contributed by atoms with E-state index in [1.807, 2.05) is 0 Å². The van der Waals surface area contributed by atoms with Gasteiger partial charge in [0.25, 0.3) is 0 Å². The standard InChI is InChI=1S/C11H13ClN2O3S/c12-9-5-7(11(13)14)1-2-10(9)17-8-3-4-18(15,16)6-8/h1-2,5,8H,3-4,6H2,(H3,13,14). The molecular formula is C11H13ClN2O3S. The zero-order valence-electron chi connectivity index (χ0n) is 9.52. The first-order chi connectivity index (χ1) is 8.37. The SMILES string of the molecule is N=C(N)c1ccc(OC2CCS(=O)(=O)C2)c(Cl)c1. The van der Waals surface area contributed by atoms with Crippen LogP contribution in [0.5, 0.6) is 5.75 Å². The Labute approximate surface area is 110 Å². The fourth-order valence-electron chi connectivity index (χ4n) is 1.80. The number of nitrogen functional groups attached to an aromatic ring is 1. The van der Waals surface area contributed by atoms with Crippen molar-refractivity contribution in [2.24, 2.45) is 5.73 Å².